The second-order valence-electron chi connectivity index (χ2n) is 10.3. The number of benzene rings is 1. The van der Waals surface area contributed by atoms with Crippen LogP contribution in [0.1, 0.15) is 80.8 Å². The average Bonchev–Trinajstić information content (AvgIpc) is 3.04. The van der Waals surface area contributed by atoms with Crippen LogP contribution >= 0.6 is 0 Å². The van der Waals surface area contributed by atoms with Crippen molar-refractivity contribution in [2.24, 2.45) is 17.8 Å². The zero-order valence-electron chi connectivity index (χ0n) is 18.5. The van der Waals surface area contributed by atoms with Crippen LogP contribution < -0.4 is 5.32 Å². The Hall–Kier alpha value is -2.10. The van der Waals surface area contributed by atoms with Crippen molar-refractivity contribution in [1.82, 2.24) is 15.1 Å². The summed E-state index contributed by atoms with van der Waals surface area (Å²) < 4.78 is 2.08. The third-order valence-electron chi connectivity index (χ3n) is 7.84. The highest BCUT2D eigenvalue weighted by Gasteiger charge is 2.51. The molecule has 1 N–H and O–H groups in total. The molecule has 4 aliphatic rings. The zero-order valence-corrected chi connectivity index (χ0v) is 18.5. The lowest BCUT2D eigenvalue weighted by Gasteiger charge is -2.56. The smallest absolute Gasteiger partial charge is 0.272 e. The first-order chi connectivity index (χ1) is 14.6. The molecule has 2 aromatic rings. The molecule has 6 rings (SSSR count). The summed E-state index contributed by atoms with van der Waals surface area (Å²) in [7, 11) is 0. The van der Waals surface area contributed by atoms with Gasteiger partial charge in [0.2, 0.25) is 0 Å². The van der Waals surface area contributed by atoms with Crippen LogP contribution in [-0.2, 0) is 6.54 Å². The number of hydrogen-bond acceptors (Lipinski definition) is 2. The average molecular weight is 406 g/mol. The quantitative estimate of drug-likeness (QED) is 0.596. The molecule has 4 nitrogen and oxygen atoms in total. The van der Waals surface area contributed by atoms with Crippen molar-refractivity contribution in [3.63, 3.8) is 0 Å². The largest absolute Gasteiger partial charge is 0.345 e. The lowest BCUT2D eigenvalue weighted by Crippen LogP contribution is -2.59. The van der Waals surface area contributed by atoms with Crippen molar-refractivity contribution >= 4 is 5.91 Å². The minimum Gasteiger partial charge on any atom is -0.345 e. The Morgan fingerprint density at radius 1 is 1.07 bits per heavy atom. The summed E-state index contributed by atoms with van der Waals surface area (Å²) in [6.45, 7) is 5.15. The van der Waals surface area contributed by atoms with Crippen LogP contribution in [0.3, 0.4) is 0 Å². The summed E-state index contributed by atoms with van der Waals surface area (Å²) in [5.41, 5.74) is 3.91. The molecule has 0 saturated heterocycles. The summed E-state index contributed by atoms with van der Waals surface area (Å²) in [5.74, 6) is 2.51. The van der Waals surface area contributed by atoms with E-state index < -0.39 is 0 Å². The molecule has 1 aromatic carbocycles. The van der Waals surface area contributed by atoms with Crippen LogP contribution in [0.2, 0.25) is 0 Å². The van der Waals surface area contributed by atoms with Gasteiger partial charge in [0, 0.05) is 23.2 Å². The lowest BCUT2D eigenvalue weighted by molar-refractivity contribution is -0.0168. The summed E-state index contributed by atoms with van der Waals surface area (Å²) in [6.07, 6.45) is 11.1. The van der Waals surface area contributed by atoms with Gasteiger partial charge in [-0.3, -0.25) is 9.48 Å². The first-order valence-corrected chi connectivity index (χ1v) is 12.0. The van der Waals surface area contributed by atoms with E-state index in [1.165, 1.54) is 51.4 Å². The molecule has 160 valence electrons. The number of carbonyl (C=O) groups excluding carboxylic acids is 1. The molecule has 4 fully saturated rings. The highest BCUT2D eigenvalue weighted by atomic mass is 16.2. The molecule has 1 amide bonds. The Balaban J connectivity index is 1.43. The van der Waals surface area contributed by atoms with Gasteiger partial charge >= 0.3 is 0 Å². The van der Waals surface area contributed by atoms with E-state index in [2.05, 4.69) is 48.1 Å². The van der Waals surface area contributed by atoms with E-state index in [-0.39, 0.29) is 11.4 Å². The summed E-state index contributed by atoms with van der Waals surface area (Å²) in [4.78, 5) is 13.5. The summed E-state index contributed by atoms with van der Waals surface area (Å²) in [6, 6.07) is 10.4. The second kappa shape index (κ2) is 7.86. The molecule has 1 heterocycles. The number of aromatic nitrogens is 2. The third kappa shape index (κ3) is 3.59. The minimum atomic E-state index is 0.0250. The van der Waals surface area contributed by atoms with E-state index >= 15 is 0 Å². The molecule has 30 heavy (non-hydrogen) atoms. The van der Waals surface area contributed by atoms with E-state index in [4.69, 9.17) is 5.10 Å². The van der Waals surface area contributed by atoms with Crippen molar-refractivity contribution in [3.8, 4) is 11.3 Å². The Morgan fingerprint density at radius 3 is 2.30 bits per heavy atom. The molecule has 0 radical (unpaired) electrons. The Bertz CT molecular complexity index is 879. The van der Waals surface area contributed by atoms with Gasteiger partial charge in [0.1, 0.15) is 0 Å². The molecule has 4 bridgehead atoms. The molecule has 0 aliphatic heterocycles. The van der Waals surface area contributed by atoms with Gasteiger partial charge < -0.3 is 5.32 Å². The van der Waals surface area contributed by atoms with Crippen molar-refractivity contribution in [2.45, 2.75) is 83.7 Å². The van der Waals surface area contributed by atoms with Gasteiger partial charge in [-0.1, -0.05) is 50.1 Å². The first-order valence-electron chi connectivity index (χ1n) is 12.0. The minimum absolute atomic E-state index is 0.0250. The number of aryl methyl sites for hydroxylation is 1. The Kier molecular flexibility index (Phi) is 5.20. The van der Waals surface area contributed by atoms with Crippen LogP contribution in [0.25, 0.3) is 11.3 Å². The zero-order chi connectivity index (χ0) is 20.7. The van der Waals surface area contributed by atoms with Gasteiger partial charge in [0.15, 0.2) is 5.69 Å². The number of nitrogens with one attached hydrogen (secondary N) is 1. The number of amides is 1. The maximum atomic E-state index is 13.5. The lowest BCUT2D eigenvalue weighted by atomic mass is 9.53. The molecule has 4 aliphatic carbocycles. The molecular weight excluding hydrogens is 370 g/mol. The highest BCUT2D eigenvalue weighted by Crippen LogP contribution is 2.55. The van der Waals surface area contributed by atoms with Crippen molar-refractivity contribution < 1.29 is 4.79 Å². The fraction of sp³-hybridized carbons (Fsp3) is 0.615. The molecule has 4 heteroatoms. The van der Waals surface area contributed by atoms with E-state index in [9.17, 15) is 4.79 Å². The predicted molar refractivity (Wildman–Crippen MR) is 120 cm³/mol. The maximum Gasteiger partial charge on any atom is 0.272 e. The van der Waals surface area contributed by atoms with Crippen LogP contribution in [0.4, 0.5) is 0 Å². The number of hydrogen-bond donors (Lipinski definition) is 1. The molecule has 1 aromatic heterocycles. The Morgan fingerprint density at radius 2 is 1.70 bits per heavy atom. The first kappa shape index (κ1) is 19.8. The van der Waals surface area contributed by atoms with Crippen LogP contribution in [0, 0.1) is 24.7 Å². The topological polar surface area (TPSA) is 46.9 Å². The van der Waals surface area contributed by atoms with Crippen molar-refractivity contribution in [2.75, 3.05) is 0 Å². The molecular formula is C26H35N3O. The van der Waals surface area contributed by atoms with Gasteiger partial charge in [-0.25, -0.2) is 0 Å². The molecule has 0 unspecified atom stereocenters. The van der Waals surface area contributed by atoms with Crippen LogP contribution in [0.5, 0.6) is 0 Å². The van der Waals surface area contributed by atoms with E-state index in [0.29, 0.717) is 5.69 Å². The monoisotopic (exact) mass is 405 g/mol. The van der Waals surface area contributed by atoms with Crippen LogP contribution in [-0.4, -0.2) is 21.2 Å². The molecule has 0 atom stereocenters. The highest BCUT2D eigenvalue weighted by molar-refractivity contribution is 5.96. The second-order valence-corrected chi connectivity index (χ2v) is 10.3. The maximum absolute atomic E-state index is 13.5. The number of rotatable bonds is 7. The Labute approximate surface area is 180 Å². The van der Waals surface area contributed by atoms with E-state index in [1.54, 1.807) is 0 Å². The fourth-order valence-corrected chi connectivity index (χ4v) is 6.97. The van der Waals surface area contributed by atoms with Gasteiger partial charge in [0.25, 0.3) is 5.91 Å². The van der Waals surface area contributed by atoms with Crippen LogP contribution in [0.15, 0.2) is 30.3 Å². The van der Waals surface area contributed by atoms with E-state index in [1.807, 2.05) is 6.07 Å². The fourth-order valence-electron chi connectivity index (χ4n) is 6.97. The number of carbonyl (C=O) groups is 1. The third-order valence-corrected chi connectivity index (χ3v) is 7.84. The molecule has 0 spiro atoms. The van der Waals surface area contributed by atoms with Gasteiger partial charge in [-0.05, 0) is 69.6 Å². The van der Waals surface area contributed by atoms with Crippen molar-refractivity contribution in [3.05, 3.63) is 41.6 Å². The number of unbranched alkanes of at least 4 members (excludes halogenated alkanes) is 2. The molecule has 4 saturated carbocycles. The predicted octanol–water partition coefficient (Wildman–Crippen LogP) is 5.75. The normalized spacial score (nSPS) is 29.3. The number of nitrogens with zero attached hydrogens (tertiary/aromatic N) is 2. The van der Waals surface area contributed by atoms with Gasteiger partial charge in [-0.15, -0.1) is 0 Å². The van der Waals surface area contributed by atoms with Crippen molar-refractivity contribution in [1.29, 1.82) is 0 Å². The standard InChI is InChI=1S/C26H35N3O/c1-3-4-8-11-29-24(22-9-6-5-7-10-22)18(2)23(28-29)25(30)27-26-15-19-12-20(16-26)14-21(13-19)17-26/h5-7,9-10,19-21H,3-4,8,11-17H2,1-2H3,(H,27,30). The van der Waals surface area contributed by atoms with Gasteiger partial charge in [-0.2, -0.15) is 5.10 Å². The van der Waals surface area contributed by atoms with Gasteiger partial charge in [0.05, 0.1) is 5.69 Å². The summed E-state index contributed by atoms with van der Waals surface area (Å²) in [5, 5.41) is 8.39. The SMILES string of the molecule is CCCCCn1nc(C(=O)NC23CC4CC(CC(C4)C2)C3)c(C)c1-c1ccccc1. The van der Waals surface area contributed by atoms with E-state index in [0.717, 1.165) is 47.5 Å². The summed E-state index contributed by atoms with van der Waals surface area (Å²) >= 11 is 0.